The van der Waals surface area contributed by atoms with Crippen LogP contribution in [0.3, 0.4) is 0 Å². The monoisotopic (exact) mass is 340 g/mol. The van der Waals surface area contributed by atoms with Crippen LogP contribution in [-0.4, -0.2) is 5.11 Å². The third kappa shape index (κ3) is 3.70. The van der Waals surface area contributed by atoms with Crippen molar-refractivity contribution in [2.45, 2.75) is 0 Å². The van der Waals surface area contributed by atoms with Gasteiger partial charge in [0.1, 0.15) is 0 Å². The Kier molecular flexibility index (Phi) is 4.58. The van der Waals surface area contributed by atoms with E-state index in [0.717, 1.165) is 15.8 Å². The predicted octanol–water partition coefficient (Wildman–Crippen LogP) is 4.91. The average molecular weight is 342 g/mol. The first kappa shape index (κ1) is 13.3. The molecule has 2 nitrogen and oxygen atoms in total. The molecule has 0 saturated heterocycles. The molecular weight excluding hydrogens is 332 g/mol. The SMILES string of the molecule is S=C(Nc1ccccc1)Nc1cc(Cl)ccc1Br. The van der Waals surface area contributed by atoms with Gasteiger partial charge in [-0.2, -0.15) is 0 Å². The summed E-state index contributed by atoms with van der Waals surface area (Å²) in [4.78, 5) is 0. The molecule has 0 amide bonds. The maximum absolute atomic E-state index is 5.94. The van der Waals surface area contributed by atoms with Crippen molar-refractivity contribution in [1.29, 1.82) is 0 Å². The van der Waals surface area contributed by atoms with Crippen LogP contribution in [0.4, 0.5) is 11.4 Å². The molecule has 0 unspecified atom stereocenters. The van der Waals surface area contributed by atoms with Gasteiger partial charge in [0.05, 0.1) is 5.69 Å². The summed E-state index contributed by atoms with van der Waals surface area (Å²) >= 11 is 14.6. The molecule has 0 aliphatic rings. The maximum Gasteiger partial charge on any atom is 0.175 e. The Balaban J connectivity index is 2.05. The van der Waals surface area contributed by atoms with Gasteiger partial charge in [-0.1, -0.05) is 29.8 Å². The van der Waals surface area contributed by atoms with Gasteiger partial charge in [-0.15, -0.1) is 0 Å². The Morgan fingerprint density at radius 2 is 1.78 bits per heavy atom. The van der Waals surface area contributed by atoms with Crippen LogP contribution in [0.25, 0.3) is 0 Å². The van der Waals surface area contributed by atoms with E-state index >= 15 is 0 Å². The van der Waals surface area contributed by atoms with Crippen molar-refractivity contribution in [1.82, 2.24) is 0 Å². The first-order chi connectivity index (χ1) is 8.65. The predicted molar refractivity (Wildman–Crippen MR) is 85.4 cm³/mol. The summed E-state index contributed by atoms with van der Waals surface area (Å²) in [6, 6.07) is 15.2. The number of hydrogen-bond acceptors (Lipinski definition) is 1. The Hall–Kier alpha value is -1.10. The number of halogens is 2. The number of nitrogens with one attached hydrogen (secondary N) is 2. The second-order valence-corrected chi connectivity index (χ2v) is 5.27. The second-order valence-electron chi connectivity index (χ2n) is 3.57. The van der Waals surface area contributed by atoms with Crippen molar-refractivity contribution in [3.05, 3.63) is 58.0 Å². The summed E-state index contributed by atoms with van der Waals surface area (Å²) in [6.45, 7) is 0. The fourth-order valence-electron chi connectivity index (χ4n) is 1.40. The van der Waals surface area contributed by atoms with E-state index < -0.39 is 0 Å². The molecule has 0 saturated carbocycles. The molecule has 0 aliphatic heterocycles. The van der Waals surface area contributed by atoms with E-state index in [4.69, 9.17) is 23.8 Å². The van der Waals surface area contributed by atoms with Gasteiger partial charge in [-0.05, 0) is 58.5 Å². The summed E-state index contributed by atoms with van der Waals surface area (Å²) in [6.07, 6.45) is 0. The number of hydrogen-bond donors (Lipinski definition) is 2. The van der Waals surface area contributed by atoms with E-state index in [-0.39, 0.29) is 0 Å². The molecular formula is C13H10BrClN2S. The highest BCUT2D eigenvalue weighted by Crippen LogP contribution is 2.26. The third-order valence-electron chi connectivity index (χ3n) is 2.21. The minimum absolute atomic E-state index is 0.518. The van der Waals surface area contributed by atoms with Gasteiger partial charge in [-0.3, -0.25) is 0 Å². The number of benzene rings is 2. The average Bonchev–Trinajstić information content (AvgIpc) is 2.35. The molecule has 0 atom stereocenters. The van der Waals surface area contributed by atoms with Crippen LogP contribution in [-0.2, 0) is 0 Å². The highest BCUT2D eigenvalue weighted by Gasteiger charge is 2.03. The molecule has 2 aromatic carbocycles. The molecule has 92 valence electrons. The Morgan fingerprint density at radius 3 is 2.50 bits per heavy atom. The quantitative estimate of drug-likeness (QED) is 0.759. The van der Waals surface area contributed by atoms with Gasteiger partial charge in [0.15, 0.2) is 5.11 Å². The van der Waals surface area contributed by atoms with Gasteiger partial charge in [-0.25, -0.2) is 0 Å². The molecule has 2 aromatic rings. The van der Waals surface area contributed by atoms with Crippen LogP contribution in [0.5, 0.6) is 0 Å². The summed E-state index contributed by atoms with van der Waals surface area (Å²) in [7, 11) is 0. The number of anilines is 2. The van der Waals surface area contributed by atoms with Gasteiger partial charge in [0, 0.05) is 15.2 Å². The summed E-state index contributed by atoms with van der Waals surface area (Å²) in [5.41, 5.74) is 1.77. The smallest absolute Gasteiger partial charge is 0.175 e. The summed E-state index contributed by atoms with van der Waals surface area (Å²) in [5, 5.41) is 7.36. The van der Waals surface area contributed by atoms with Crippen LogP contribution in [0, 0.1) is 0 Å². The second kappa shape index (κ2) is 6.18. The van der Waals surface area contributed by atoms with Crippen LogP contribution >= 0.6 is 39.7 Å². The number of thiocarbonyl (C=S) groups is 1. The lowest BCUT2D eigenvalue weighted by atomic mass is 10.3. The normalized spacial score (nSPS) is 9.89. The lowest BCUT2D eigenvalue weighted by Gasteiger charge is -2.12. The van der Waals surface area contributed by atoms with E-state index in [1.807, 2.05) is 48.5 Å². The van der Waals surface area contributed by atoms with Crippen LogP contribution < -0.4 is 10.6 Å². The maximum atomic E-state index is 5.94. The molecule has 0 aromatic heterocycles. The molecule has 18 heavy (non-hydrogen) atoms. The first-order valence-corrected chi connectivity index (χ1v) is 6.81. The van der Waals surface area contributed by atoms with Crippen molar-refractivity contribution >= 4 is 56.2 Å². The molecule has 0 spiro atoms. The minimum atomic E-state index is 0.518. The zero-order chi connectivity index (χ0) is 13.0. The highest BCUT2D eigenvalue weighted by atomic mass is 79.9. The number of rotatable bonds is 2. The van der Waals surface area contributed by atoms with Crippen molar-refractivity contribution in [3.8, 4) is 0 Å². The van der Waals surface area contributed by atoms with E-state index in [2.05, 4.69) is 26.6 Å². The largest absolute Gasteiger partial charge is 0.332 e. The molecule has 0 heterocycles. The molecule has 0 bridgehead atoms. The van der Waals surface area contributed by atoms with Crippen molar-refractivity contribution in [2.75, 3.05) is 10.6 Å². The lowest BCUT2D eigenvalue weighted by molar-refractivity contribution is 1.57. The van der Waals surface area contributed by atoms with Crippen LogP contribution in [0.1, 0.15) is 0 Å². The van der Waals surface area contributed by atoms with E-state index in [0.29, 0.717) is 10.1 Å². The highest BCUT2D eigenvalue weighted by molar-refractivity contribution is 9.10. The Morgan fingerprint density at radius 1 is 1.06 bits per heavy atom. The number of para-hydroxylation sites is 1. The fraction of sp³-hybridized carbons (Fsp3) is 0. The molecule has 2 rings (SSSR count). The van der Waals surface area contributed by atoms with E-state index in [9.17, 15) is 0 Å². The van der Waals surface area contributed by atoms with Gasteiger partial charge >= 0.3 is 0 Å². The van der Waals surface area contributed by atoms with Crippen LogP contribution in [0.15, 0.2) is 53.0 Å². The standard InChI is InChI=1S/C13H10BrClN2S/c14-11-7-6-9(15)8-12(11)17-13(18)16-10-4-2-1-3-5-10/h1-8H,(H2,16,17,18). The summed E-state index contributed by atoms with van der Waals surface area (Å²) in [5.74, 6) is 0. The molecule has 0 fully saturated rings. The molecule has 0 aliphatic carbocycles. The zero-order valence-corrected chi connectivity index (χ0v) is 12.4. The van der Waals surface area contributed by atoms with Crippen molar-refractivity contribution in [2.24, 2.45) is 0 Å². The van der Waals surface area contributed by atoms with Crippen LogP contribution in [0.2, 0.25) is 5.02 Å². The van der Waals surface area contributed by atoms with Gasteiger partial charge in [0.25, 0.3) is 0 Å². The Bertz CT molecular complexity index is 560. The lowest BCUT2D eigenvalue weighted by Crippen LogP contribution is -2.19. The van der Waals surface area contributed by atoms with Crippen molar-refractivity contribution < 1.29 is 0 Å². The minimum Gasteiger partial charge on any atom is -0.332 e. The topological polar surface area (TPSA) is 24.1 Å². The first-order valence-electron chi connectivity index (χ1n) is 5.23. The van der Waals surface area contributed by atoms with Gasteiger partial charge < -0.3 is 10.6 Å². The third-order valence-corrected chi connectivity index (χ3v) is 3.34. The van der Waals surface area contributed by atoms with Gasteiger partial charge in [0.2, 0.25) is 0 Å². The fourth-order valence-corrected chi connectivity index (χ4v) is 2.15. The zero-order valence-electron chi connectivity index (χ0n) is 9.28. The molecule has 0 radical (unpaired) electrons. The van der Waals surface area contributed by atoms with E-state index in [1.54, 1.807) is 0 Å². The molecule has 5 heteroatoms. The van der Waals surface area contributed by atoms with E-state index in [1.165, 1.54) is 0 Å². The Labute approximate surface area is 124 Å². The summed E-state index contributed by atoms with van der Waals surface area (Å²) < 4.78 is 0.907. The molecule has 2 N–H and O–H groups in total. The van der Waals surface area contributed by atoms with Crippen molar-refractivity contribution in [3.63, 3.8) is 0 Å².